The van der Waals surface area contributed by atoms with Gasteiger partial charge in [-0.2, -0.15) is 0 Å². The van der Waals surface area contributed by atoms with Gasteiger partial charge < -0.3 is 9.64 Å². The van der Waals surface area contributed by atoms with E-state index in [0.29, 0.717) is 0 Å². The minimum atomic E-state index is 0.246. The highest BCUT2D eigenvalue weighted by molar-refractivity contribution is 9.10. The quantitative estimate of drug-likeness (QED) is 0.812. The van der Waals surface area contributed by atoms with Gasteiger partial charge in [-0.15, -0.1) is 0 Å². The van der Waals surface area contributed by atoms with Crippen molar-refractivity contribution < 1.29 is 4.74 Å². The molecule has 1 aliphatic heterocycles. The molecule has 18 heavy (non-hydrogen) atoms. The van der Waals surface area contributed by atoms with Gasteiger partial charge in [0.05, 0.1) is 18.2 Å². The Bertz CT molecular complexity index is 575. The number of ether oxygens (including phenoxy) is 1. The second kappa shape index (κ2) is 4.82. The predicted octanol–water partition coefficient (Wildman–Crippen LogP) is 2.62. The third-order valence-electron chi connectivity index (χ3n) is 3.12. The normalized spacial score (nSPS) is 20.3. The fourth-order valence-corrected chi connectivity index (χ4v) is 2.64. The molecule has 1 fully saturated rings. The van der Waals surface area contributed by atoms with E-state index in [0.717, 1.165) is 40.9 Å². The van der Waals surface area contributed by atoms with Gasteiger partial charge in [0, 0.05) is 22.9 Å². The molecule has 0 bridgehead atoms. The maximum absolute atomic E-state index is 5.57. The van der Waals surface area contributed by atoms with Crippen LogP contribution in [0.2, 0.25) is 0 Å². The van der Waals surface area contributed by atoms with Gasteiger partial charge in [-0.05, 0) is 25.1 Å². The van der Waals surface area contributed by atoms with Gasteiger partial charge in [0.1, 0.15) is 12.1 Å². The van der Waals surface area contributed by atoms with Crippen LogP contribution in [0, 0.1) is 0 Å². The molecule has 1 atom stereocenters. The molecule has 1 saturated heterocycles. The molecular weight excluding hydrogens is 294 g/mol. The zero-order valence-electron chi connectivity index (χ0n) is 10.1. The van der Waals surface area contributed by atoms with Gasteiger partial charge in [-0.3, -0.25) is 0 Å². The van der Waals surface area contributed by atoms with Crippen molar-refractivity contribution in [2.45, 2.75) is 13.0 Å². The molecule has 0 N–H and O–H groups in total. The van der Waals surface area contributed by atoms with Crippen LogP contribution in [0.5, 0.6) is 0 Å². The topological polar surface area (TPSA) is 38.2 Å². The number of fused-ring (bicyclic) bond motifs is 1. The van der Waals surface area contributed by atoms with Crippen molar-refractivity contribution in [1.29, 1.82) is 0 Å². The lowest BCUT2D eigenvalue weighted by Gasteiger charge is -2.32. The van der Waals surface area contributed by atoms with Crippen molar-refractivity contribution in [3.8, 4) is 0 Å². The molecule has 0 spiro atoms. The first-order chi connectivity index (χ1) is 8.74. The number of hydrogen-bond acceptors (Lipinski definition) is 4. The average Bonchev–Trinajstić information content (AvgIpc) is 2.38. The first-order valence-corrected chi connectivity index (χ1v) is 6.80. The Morgan fingerprint density at radius 3 is 3.11 bits per heavy atom. The molecule has 1 aromatic heterocycles. The summed E-state index contributed by atoms with van der Waals surface area (Å²) in [4.78, 5) is 11.0. The summed E-state index contributed by atoms with van der Waals surface area (Å²) in [6.45, 7) is 4.59. The zero-order valence-corrected chi connectivity index (χ0v) is 11.7. The van der Waals surface area contributed by atoms with Crippen molar-refractivity contribution in [3.63, 3.8) is 0 Å². The second-order valence-electron chi connectivity index (χ2n) is 4.49. The van der Waals surface area contributed by atoms with Crippen molar-refractivity contribution >= 4 is 32.7 Å². The number of anilines is 1. The number of halogens is 1. The standard InChI is InChI=1S/C13H14BrN3O/c1-9-7-17(4-5-18-9)13-11-6-10(14)2-3-12(11)15-8-16-13/h2-3,6,8-9H,4-5,7H2,1H3. The molecule has 0 aliphatic carbocycles. The molecule has 0 radical (unpaired) electrons. The molecule has 2 heterocycles. The van der Waals surface area contributed by atoms with Gasteiger partial charge in [0.2, 0.25) is 0 Å². The Kier molecular flexibility index (Phi) is 3.18. The van der Waals surface area contributed by atoms with Crippen LogP contribution in [0.1, 0.15) is 6.92 Å². The smallest absolute Gasteiger partial charge is 0.140 e. The monoisotopic (exact) mass is 307 g/mol. The van der Waals surface area contributed by atoms with Crippen LogP contribution in [0.4, 0.5) is 5.82 Å². The molecule has 0 amide bonds. The third-order valence-corrected chi connectivity index (χ3v) is 3.61. The van der Waals surface area contributed by atoms with Gasteiger partial charge in [-0.25, -0.2) is 9.97 Å². The SMILES string of the molecule is CC1CN(c2ncnc3ccc(Br)cc23)CCO1. The molecule has 3 rings (SSSR count). The maximum Gasteiger partial charge on any atom is 0.140 e. The lowest BCUT2D eigenvalue weighted by Crippen LogP contribution is -2.41. The highest BCUT2D eigenvalue weighted by atomic mass is 79.9. The predicted molar refractivity (Wildman–Crippen MR) is 74.9 cm³/mol. The maximum atomic E-state index is 5.57. The van der Waals surface area contributed by atoms with E-state index in [1.165, 1.54) is 0 Å². The van der Waals surface area contributed by atoms with Crippen LogP contribution in [0.25, 0.3) is 10.9 Å². The van der Waals surface area contributed by atoms with E-state index in [1.54, 1.807) is 6.33 Å². The Morgan fingerprint density at radius 1 is 1.39 bits per heavy atom. The summed E-state index contributed by atoms with van der Waals surface area (Å²) in [6.07, 6.45) is 1.88. The van der Waals surface area contributed by atoms with Crippen LogP contribution < -0.4 is 4.90 Å². The van der Waals surface area contributed by atoms with Crippen molar-refractivity contribution in [1.82, 2.24) is 9.97 Å². The molecular formula is C13H14BrN3O. The van der Waals surface area contributed by atoms with Crippen molar-refractivity contribution in [2.24, 2.45) is 0 Å². The van der Waals surface area contributed by atoms with E-state index >= 15 is 0 Å². The first kappa shape index (κ1) is 11.9. The fraction of sp³-hybridized carbons (Fsp3) is 0.385. The number of benzene rings is 1. The van der Waals surface area contributed by atoms with Crippen molar-refractivity contribution in [3.05, 3.63) is 29.0 Å². The van der Waals surface area contributed by atoms with E-state index in [4.69, 9.17) is 4.74 Å². The summed E-state index contributed by atoms with van der Waals surface area (Å²) in [5.74, 6) is 0.997. The summed E-state index contributed by atoms with van der Waals surface area (Å²) in [6, 6.07) is 6.08. The first-order valence-electron chi connectivity index (χ1n) is 6.01. The molecule has 1 aromatic carbocycles. The fourth-order valence-electron chi connectivity index (χ4n) is 2.28. The van der Waals surface area contributed by atoms with Gasteiger partial charge >= 0.3 is 0 Å². The molecule has 1 aliphatic rings. The molecule has 1 unspecified atom stereocenters. The molecule has 2 aromatic rings. The Hall–Kier alpha value is -1.20. The van der Waals surface area contributed by atoms with E-state index in [9.17, 15) is 0 Å². The van der Waals surface area contributed by atoms with E-state index in [-0.39, 0.29) is 6.10 Å². The minimum Gasteiger partial charge on any atom is -0.375 e. The summed E-state index contributed by atoms with van der Waals surface area (Å²) in [5.41, 5.74) is 0.974. The number of aromatic nitrogens is 2. The third kappa shape index (κ3) is 2.20. The van der Waals surface area contributed by atoms with Gasteiger partial charge in [0.15, 0.2) is 0 Å². The van der Waals surface area contributed by atoms with Crippen molar-refractivity contribution in [2.75, 3.05) is 24.6 Å². The lowest BCUT2D eigenvalue weighted by molar-refractivity contribution is 0.0530. The molecule has 5 heteroatoms. The van der Waals surface area contributed by atoms with Gasteiger partial charge in [0.25, 0.3) is 0 Å². The summed E-state index contributed by atoms with van der Waals surface area (Å²) in [5, 5.41) is 1.08. The zero-order chi connectivity index (χ0) is 12.5. The van der Waals surface area contributed by atoms with Crippen LogP contribution in [-0.2, 0) is 4.74 Å². The van der Waals surface area contributed by atoms with Crippen LogP contribution in [0.15, 0.2) is 29.0 Å². The molecule has 94 valence electrons. The number of hydrogen-bond donors (Lipinski definition) is 0. The Labute approximate surface area is 114 Å². The van der Waals surface area contributed by atoms with Crippen LogP contribution in [-0.4, -0.2) is 35.8 Å². The average molecular weight is 308 g/mol. The number of nitrogens with zero attached hydrogens (tertiary/aromatic N) is 3. The molecule has 0 saturated carbocycles. The van der Waals surface area contributed by atoms with E-state index in [1.807, 2.05) is 12.1 Å². The Morgan fingerprint density at radius 2 is 2.28 bits per heavy atom. The van der Waals surface area contributed by atoms with E-state index in [2.05, 4.69) is 43.8 Å². The Balaban J connectivity index is 2.07. The minimum absolute atomic E-state index is 0.246. The number of morpholine rings is 1. The molecule has 4 nitrogen and oxygen atoms in total. The summed E-state index contributed by atoms with van der Waals surface area (Å²) >= 11 is 3.50. The largest absolute Gasteiger partial charge is 0.375 e. The van der Waals surface area contributed by atoms with Gasteiger partial charge in [-0.1, -0.05) is 15.9 Å². The number of rotatable bonds is 1. The highest BCUT2D eigenvalue weighted by Crippen LogP contribution is 2.27. The lowest BCUT2D eigenvalue weighted by atomic mass is 10.2. The van der Waals surface area contributed by atoms with Crippen LogP contribution in [0.3, 0.4) is 0 Å². The van der Waals surface area contributed by atoms with Crippen LogP contribution >= 0.6 is 15.9 Å². The summed E-state index contributed by atoms with van der Waals surface area (Å²) < 4.78 is 6.62. The summed E-state index contributed by atoms with van der Waals surface area (Å²) in [7, 11) is 0. The second-order valence-corrected chi connectivity index (χ2v) is 5.40. The van der Waals surface area contributed by atoms with E-state index < -0.39 is 0 Å². The highest BCUT2D eigenvalue weighted by Gasteiger charge is 2.19.